The summed E-state index contributed by atoms with van der Waals surface area (Å²) in [5.41, 5.74) is 8.28. The Hall–Kier alpha value is -4.21. The Morgan fingerprint density at radius 2 is 1.89 bits per heavy atom. The number of nitrogens with zero attached hydrogens (tertiary/aromatic N) is 4. The molecule has 0 bridgehead atoms. The number of nitrogens with two attached hydrogens (primary N) is 1. The molecule has 3 aromatic rings. The monoisotopic (exact) mass is 488 g/mol. The van der Waals surface area contributed by atoms with Gasteiger partial charge in [0.15, 0.2) is 0 Å². The number of hydrogen-bond donors (Lipinski definition) is 3. The highest BCUT2D eigenvalue weighted by atomic mass is 16.5. The summed E-state index contributed by atoms with van der Waals surface area (Å²) in [5, 5.41) is 12.0. The second-order valence-corrected chi connectivity index (χ2v) is 9.16. The van der Waals surface area contributed by atoms with Crippen LogP contribution in [0.15, 0.2) is 48.7 Å². The lowest BCUT2D eigenvalue weighted by Crippen LogP contribution is -2.32. The average molecular weight is 489 g/mol. The number of nitrogens with one attached hydrogen (secondary N) is 1. The van der Waals surface area contributed by atoms with Crippen LogP contribution in [0.4, 0.5) is 23.3 Å². The van der Waals surface area contributed by atoms with Gasteiger partial charge in [0.2, 0.25) is 11.8 Å². The molecule has 0 atom stereocenters. The normalized spacial score (nSPS) is 19.7. The molecule has 1 aromatic carbocycles. The molecule has 2 aromatic heterocycles. The summed E-state index contributed by atoms with van der Waals surface area (Å²) >= 11 is 0. The van der Waals surface area contributed by atoms with E-state index in [4.69, 9.17) is 15.6 Å². The third kappa shape index (κ3) is 5.07. The molecule has 10 heteroatoms. The molecule has 36 heavy (non-hydrogen) atoms. The fourth-order valence-corrected chi connectivity index (χ4v) is 4.96. The number of pyridine rings is 1. The van der Waals surface area contributed by atoms with Crippen LogP contribution < -0.4 is 20.7 Å². The summed E-state index contributed by atoms with van der Waals surface area (Å²) in [5.74, 6) is 0.562. The lowest BCUT2D eigenvalue weighted by atomic mass is 9.77. The Bertz CT molecular complexity index is 1240. The molecule has 1 fully saturated rings. The lowest BCUT2D eigenvalue weighted by Gasteiger charge is -2.28. The molecule has 10 nitrogen and oxygen atoms in total. The van der Waals surface area contributed by atoms with E-state index in [1.54, 1.807) is 23.2 Å². The summed E-state index contributed by atoms with van der Waals surface area (Å²) in [6.45, 7) is 0.602. The molecule has 186 valence electrons. The van der Waals surface area contributed by atoms with Crippen LogP contribution in [-0.4, -0.2) is 45.1 Å². The molecule has 2 aliphatic rings. The van der Waals surface area contributed by atoms with Gasteiger partial charge in [-0.05, 0) is 67.3 Å². The number of carbonyl (C=O) groups is 2. The maximum absolute atomic E-state index is 13.4. The van der Waals surface area contributed by atoms with Crippen LogP contribution in [0.2, 0.25) is 0 Å². The van der Waals surface area contributed by atoms with Crippen LogP contribution in [0.1, 0.15) is 53.9 Å². The number of aromatic nitrogens is 3. The number of hydrogen-bond acceptors (Lipinski definition) is 8. The molecular weight excluding hydrogens is 460 g/mol. The van der Waals surface area contributed by atoms with E-state index in [0.717, 1.165) is 31.4 Å². The summed E-state index contributed by atoms with van der Waals surface area (Å²) in [6, 6.07) is 13.4. The van der Waals surface area contributed by atoms with Gasteiger partial charge in [-0.1, -0.05) is 18.2 Å². The highest BCUT2D eigenvalue weighted by Crippen LogP contribution is 2.38. The van der Waals surface area contributed by atoms with Crippen LogP contribution >= 0.6 is 0 Å². The van der Waals surface area contributed by atoms with Crippen LogP contribution in [0.3, 0.4) is 0 Å². The minimum absolute atomic E-state index is 0.0325. The number of ether oxygens (including phenoxy) is 1. The minimum Gasteiger partial charge on any atom is -0.481 e. The van der Waals surface area contributed by atoms with Crippen molar-refractivity contribution in [1.82, 2.24) is 15.0 Å². The molecule has 1 saturated carbocycles. The zero-order valence-corrected chi connectivity index (χ0v) is 19.8. The zero-order chi connectivity index (χ0) is 25.1. The number of carboxylic acid groups (broad SMARTS) is 1. The summed E-state index contributed by atoms with van der Waals surface area (Å²) in [6.07, 6.45) is 5.69. The fourth-order valence-electron chi connectivity index (χ4n) is 4.96. The van der Waals surface area contributed by atoms with Crippen LogP contribution in [0.5, 0.6) is 5.88 Å². The van der Waals surface area contributed by atoms with E-state index in [0.29, 0.717) is 18.3 Å². The number of nitrogen functional groups attached to an aromatic ring is 1. The molecule has 0 spiro atoms. The van der Waals surface area contributed by atoms with Gasteiger partial charge < -0.3 is 25.8 Å². The number of carboxylic acids is 1. The number of fused-ring (bicyclic) bond motifs is 1. The number of carbonyl (C=O) groups excluding carboxylic acids is 1. The van der Waals surface area contributed by atoms with E-state index in [2.05, 4.69) is 32.4 Å². The maximum Gasteiger partial charge on any atom is 0.303 e. The molecule has 3 heterocycles. The van der Waals surface area contributed by atoms with Gasteiger partial charge in [-0.25, -0.2) is 4.98 Å². The minimum atomic E-state index is -0.720. The standard InChI is InChI=1S/C26H28N6O4/c27-23-22-24(31-26(30-23)29-20-3-1-2-12-28-20)36-14-13-32(25(22)35)19-10-8-18(9-11-19)17-6-4-16(5-7-17)15-21(33)34/h1-3,8-12,16-17H,4-7,13-15H2,(H,33,34)(H3,27,28,29,30,31). The van der Waals surface area contributed by atoms with Gasteiger partial charge in [0.25, 0.3) is 5.91 Å². The van der Waals surface area contributed by atoms with E-state index in [9.17, 15) is 9.59 Å². The van der Waals surface area contributed by atoms with Gasteiger partial charge >= 0.3 is 5.97 Å². The third-order valence-electron chi connectivity index (χ3n) is 6.81. The van der Waals surface area contributed by atoms with Crippen molar-refractivity contribution in [3.63, 3.8) is 0 Å². The number of rotatable bonds is 6. The van der Waals surface area contributed by atoms with E-state index < -0.39 is 5.97 Å². The van der Waals surface area contributed by atoms with Crippen molar-refractivity contribution in [2.24, 2.45) is 5.92 Å². The molecule has 1 aliphatic carbocycles. The fraction of sp³-hybridized carbons (Fsp3) is 0.346. The molecule has 0 unspecified atom stereocenters. The number of aliphatic carboxylic acids is 1. The Morgan fingerprint density at radius 3 is 2.58 bits per heavy atom. The van der Waals surface area contributed by atoms with Crippen molar-refractivity contribution in [3.8, 4) is 5.88 Å². The zero-order valence-electron chi connectivity index (χ0n) is 19.8. The number of anilines is 4. The van der Waals surface area contributed by atoms with Crippen molar-refractivity contribution < 1.29 is 19.4 Å². The second kappa shape index (κ2) is 10.2. The van der Waals surface area contributed by atoms with Crippen LogP contribution in [0, 0.1) is 5.92 Å². The summed E-state index contributed by atoms with van der Waals surface area (Å²) in [4.78, 5) is 38.9. The number of amides is 1. The Kier molecular flexibility index (Phi) is 6.66. The SMILES string of the molecule is Nc1nc(Nc2ccccn2)nc2c1C(=O)N(c1ccc(C3CCC(CC(=O)O)CC3)cc1)CCO2. The van der Waals surface area contributed by atoms with Crippen molar-refractivity contribution in [2.45, 2.75) is 38.0 Å². The highest BCUT2D eigenvalue weighted by Gasteiger charge is 2.30. The Labute approximate surface area is 208 Å². The molecule has 4 N–H and O–H groups in total. The van der Waals surface area contributed by atoms with E-state index >= 15 is 0 Å². The topological polar surface area (TPSA) is 144 Å². The van der Waals surface area contributed by atoms with Gasteiger partial charge in [0.05, 0.1) is 6.54 Å². The molecule has 0 radical (unpaired) electrons. The second-order valence-electron chi connectivity index (χ2n) is 9.16. The Morgan fingerprint density at radius 1 is 1.11 bits per heavy atom. The van der Waals surface area contributed by atoms with Crippen LogP contribution in [-0.2, 0) is 4.79 Å². The molecule has 5 rings (SSSR count). The largest absolute Gasteiger partial charge is 0.481 e. The van der Waals surface area contributed by atoms with Crippen molar-refractivity contribution in [3.05, 3.63) is 59.8 Å². The summed E-state index contributed by atoms with van der Waals surface area (Å²) < 4.78 is 5.79. The average Bonchev–Trinajstić information content (AvgIpc) is 3.04. The predicted molar refractivity (Wildman–Crippen MR) is 135 cm³/mol. The quantitative estimate of drug-likeness (QED) is 0.469. The Balaban J connectivity index is 1.31. The molecule has 0 saturated heterocycles. The maximum atomic E-state index is 13.4. The molecule has 1 amide bonds. The van der Waals surface area contributed by atoms with Crippen molar-refractivity contribution in [1.29, 1.82) is 0 Å². The molecular formula is C26H28N6O4. The van der Waals surface area contributed by atoms with E-state index in [1.807, 2.05) is 18.2 Å². The van der Waals surface area contributed by atoms with E-state index in [1.165, 1.54) is 5.56 Å². The van der Waals surface area contributed by atoms with Crippen LogP contribution in [0.25, 0.3) is 0 Å². The first-order chi connectivity index (χ1) is 17.5. The smallest absolute Gasteiger partial charge is 0.303 e. The van der Waals surface area contributed by atoms with Gasteiger partial charge in [0, 0.05) is 18.3 Å². The van der Waals surface area contributed by atoms with Gasteiger partial charge in [0.1, 0.15) is 23.8 Å². The predicted octanol–water partition coefficient (Wildman–Crippen LogP) is 3.99. The first kappa shape index (κ1) is 23.5. The first-order valence-electron chi connectivity index (χ1n) is 12.1. The third-order valence-corrected chi connectivity index (χ3v) is 6.81. The van der Waals surface area contributed by atoms with E-state index in [-0.39, 0.29) is 48.1 Å². The van der Waals surface area contributed by atoms with Crippen molar-refractivity contribution >= 4 is 35.1 Å². The van der Waals surface area contributed by atoms with Gasteiger partial charge in [-0.2, -0.15) is 9.97 Å². The van der Waals surface area contributed by atoms with Gasteiger partial charge in [-0.15, -0.1) is 0 Å². The summed E-state index contributed by atoms with van der Waals surface area (Å²) in [7, 11) is 0. The van der Waals surface area contributed by atoms with Gasteiger partial charge in [-0.3, -0.25) is 9.59 Å². The first-order valence-corrected chi connectivity index (χ1v) is 12.1. The highest BCUT2D eigenvalue weighted by molar-refractivity contribution is 6.10. The molecule has 1 aliphatic heterocycles. The number of benzene rings is 1. The van der Waals surface area contributed by atoms with Crippen molar-refractivity contribution in [2.75, 3.05) is 29.1 Å². The lowest BCUT2D eigenvalue weighted by molar-refractivity contribution is -0.138.